The SMILES string of the molecule is C=C1CCC2[C@](CCOC3OC(CO)C(O)C(OC4OC(CO)C(O)C(O)C4O)C3OC3OC(CO)C(O)C(O)C3O)(CCC3[C@@]2(C)CCC[C@@]3(C)C(=O)OC2OC(CO)C(O)C(O)C2O)C1. The van der Waals surface area contributed by atoms with Crippen molar-refractivity contribution in [3.8, 4) is 0 Å². The summed E-state index contributed by atoms with van der Waals surface area (Å²) in [5, 5.41) is 147. The van der Waals surface area contributed by atoms with Crippen molar-refractivity contribution in [1.29, 1.82) is 0 Å². The van der Waals surface area contributed by atoms with Gasteiger partial charge in [0.2, 0.25) is 6.29 Å². The van der Waals surface area contributed by atoms with Gasteiger partial charge < -0.3 is 109 Å². The second-order valence-electron chi connectivity index (χ2n) is 20.3. The summed E-state index contributed by atoms with van der Waals surface area (Å²) in [4.78, 5) is 14.3. The third-order valence-electron chi connectivity index (χ3n) is 16.3. The molecule has 3 aliphatic carbocycles. The van der Waals surface area contributed by atoms with Gasteiger partial charge in [-0.05, 0) is 81.0 Å². The third kappa shape index (κ3) is 9.86. The molecule has 67 heavy (non-hydrogen) atoms. The summed E-state index contributed by atoms with van der Waals surface area (Å²) >= 11 is 0. The lowest BCUT2D eigenvalue weighted by Crippen LogP contribution is -2.67. The van der Waals surface area contributed by atoms with Crippen molar-refractivity contribution in [2.24, 2.45) is 28.1 Å². The van der Waals surface area contributed by atoms with Gasteiger partial charge in [-0.1, -0.05) is 25.5 Å². The molecule has 3 saturated carbocycles. The Morgan fingerprint density at radius 3 is 1.60 bits per heavy atom. The second kappa shape index (κ2) is 21.2. The van der Waals surface area contributed by atoms with Crippen LogP contribution in [-0.2, 0) is 42.7 Å². The molecule has 0 amide bonds. The van der Waals surface area contributed by atoms with Crippen LogP contribution in [0.15, 0.2) is 12.2 Å². The maximum atomic E-state index is 14.3. The van der Waals surface area contributed by atoms with E-state index in [2.05, 4.69) is 13.5 Å². The van der Waals surface area contributed by atoms with E-state index in [0.717, 1.165) is 24.8 Å². The first-order valence-electron chi connectivity index (χ1n) is 23.4. The lowest BCUT2D eigenvalue weighted by Gasteiger charge is -2.64. The van der Waals surface area contributed by atoms with E-state index in [-0.39, 0.29) is 18.4 Å². The second-order valence-corrected chi connectivity index (χ2v) is 20.3. The van der Waals surface area contributed by atoms with Crippen molar-refractivity contribution in [3.05, 3.63) is 12.2 Å². The van der Waals surface area contributed by atoms with Gasteiger partial charge in [0.25, 0.3) is 0 Å². The number of aliphatic hydroxyl groups is 14. The number of esters is 1. The molecule has 7 fully saturated rings. The van der Waals surface area contributed by atoms with Crippen LogP contribution in [0, 0.1) is 28.1 Å². The van der Waals surface area contributed by atoms with E-state index in [1.807, 2.05) is 6.92 Å². The van der Waals surface area contributed by atoms with E-state index < -0.39 is 171 Å². The predicted molar refractivity (Wildman–Crippen MR) is 221 cm³/mol. The monoisotopic (exact) mass is 968 g/mol. The number of hydrogen-bond donors (Lipinski definition) is 14. The zero-order chi connectivity index (χ0) is 48.9. The molecule has 4 heterocycles. The van der Waals surface area contributed by atoms with Gasteiger partial charge in [0.1, 0.15) is 97.7 Å². The summed E-state index contributed by atoms with van der Waals surface area (Å²) in [6, 6.07) is 0. The highest BCUT2D eigenvalue weighted by atomic mass is 16.8. The highest BCUT2D eigenvalue weighted by molar-refractivity contribution is 5.77. The first-order valence-corrected chi connectivity index (χ1v) is 23.4. The lowest BCUT2D eigenvalue weighted by atomic mass is 9.40. The molecule has 0 aromatic carbocycles. The zero-order valence-corrected chi connectivity index (χ0v) is 37.7. The minimum atomic E-state index is -1.95. The Kier molecular flexibility index (Phi) is 16.8. The lowest BCUT2D eigenvalue weighted by molar-refractivity contribution is -0.392. The highest BCUT2D eigenvalue weighted by Gasteiger charge is 2.64. The minimum absolute atomic E-state index is 0.00949. The molecule has 23 nitrogen and oxygen atoms in total. The topological polar surface area (TPSA) is 374 Å². The molecule has 22 unspecified atom stereocenters. The Morgan fingerprint density at radius 2 is 1.06 bits per heavy atom. The van der Waals surface area contributed by atoms with Crippen LogP contribution in [0.4, 0.5) is 0 Å². The van der Waals surface area contributed by atoms with Gasteiger partial charge in [-0.3, -0.25) is 4.79 Å². The van der Waals surface area contributed by atoms with Crippen molar-refractivity contribution in [3.63, 3.8) is 0 Å². The first-order chi connectivity index (χ1) is 31.7. The summed E-state index contributed by atoms with van der Waals surface area (Å²) in [6.45, 7) is 5.21. The number of allylic oxidation sites excluding steroid dienone is 1. The molecule has 0 radical (unpaired) electrons. The third-order valence-corrected chi connectivity index (χ3v) is 16.3. The molecule has 0 spiro atoms. The van der Waals surface area contributed by atoms with E-state index in [9.17, 15) is 76.3 Å². The Balaban J connectivity index is 1.13. The molecule has 14 N–H and O–H groups in total. The standard InChI is InChI=1S/C44H72O23/c1-18-5-6-24-42(2)8-4-9-43(3,41(59)67-39-34(58)31(55)27(51)21(16-47)63-39)23(42)7-10-44(24,13-18)11-12-60-40-36(66-38-33(57)30(54)26(50)20(15-46)62-38)35(28(52)22(17-48)64-40)65-37-32(56)29(53)25(49)19(14-45)61-37/h19-40,45-58H,1,4-17H2,2-3H3/t19?,20?,21?,22?,23?,24?,25?,26?,27?,28?,29?,30?,31?,32?,33?,34?,35?,36?,37?,38?,39?,40?,42-,43-,44+/m1/s1. The molecule has 7 rings (SSSR count). The summed E-state index contributed by atoms with van der Waals surface area (Å²) in [5.41, 5.74) is -0.908. The van der Waals surface area contributed by atoms with E-state index in [0.29, 0.717) is 38.5 Å². The Labute approximate surface area is 387 Å². The molecule has 0 aromatic heterocycles. The number of rotatable bonds is 14. The predicted octanol–water partition coefficient (Wildman–Crippen LogP) is -4.87. The van der Waals surface area contributed by atoms with Crippen molar-refractivity contribution >= 4 is 5.97 Å². The fourth-order valence-corrected chi connectivity index (χ4v) is 12.6. The van der Waals surface area contributed by atoms with Gasteiger partial charge in [0.05, 0.1) is 38.4 Å². The summed E-state index contributed by atoms with van der Waals surface area (Å²) in [7, 11) is 0. The number of hydrogen-bond acceptors (Lipinski definition) is 23. The molecule has 0 aromatic rings. The Bertz CT molecular complexity index is 1670. The van der Waals surface area contributed by atoms with Gasteiger partial charge in [0.15, 0.2) is 18.9 Å². The van der Waals surface area contributed by atoms with Gasteiger partial charge in [-0.15, -0.1) is 0 Å². The first kappa shape index (κ1) is 53.2. The number of carbonyl (C=O) groups is 1. The van der Waals surface area contributed by atoms with E-state index >= 15 is 0 Å². The summed E-state index contributed by atoms with van der Waals surface area (Å²) < 4.78 is 47.2. The van der Waals surface area contributed by atoms with Crippen LogP contribution >= 0.6 is 0 Å². The molecule has 4 saturated heterocycles. The number of carbonyl (C=O) groups excluding carboxylic acids is 1. The fourth-order valence-electron chi connectivity index (χ4n) is 12.6. The zero-order valence-electron chi connectivity index (χ0n) is 37.7. The molecule has 0 bridgehead atoms. The molecular weight excluding hydrogens is 896 g/mol. The van der Waals surface area contributed by atoms with E-state index in [1.165, 1.54) is 0 Å². The number of ether oxygens (including phenoxy) is 8. The molecule has 23 heteroatoms. The van der Waals surface area contributed by atoms with Crippen molar-refractivity contribution in [2.45, 2.75) is 194 Å². The van der Waals surface area contributed by atoms with Gasteiger partial charge >= 0.3 is 5.97 Å². The average molecular weight is 969 g/mol. The van der Waals surface area contributed by atoms with Crippen molar-refractivity contribution < 1.29 is 114 Å². The highest BCUT2D eigenvalue weighted by Crippen LogP contribution is 2.69. The number of fused-ring (bicyclic) bond motifs is 3. The average Bonchev–Trinajstić information content (AvgIpc) is 3.30. The van der Waals surface area contributed by atoms with Gasteiger partial charge in [-0.2, -0.15) is 0 Å². The van der Waals surface area contributed by atoms with Gasteiger partial charge in [-0.25, -0.2) is 0 Å². The summed E-state index contributed by atoms with van der Waals surface area (Å²) in [6.07, 6.45) is -28.4. The van der Waals surface area contributed by atoms with Crippen LogP contribution in [0.3, 0.4) is 0 Å². The Hall–Kier alpha value is -1.63. The van der Waals surface area contributed by atoms with Crippen LogP contribution in [0.2, 0.25) is 0 Å². The largest absolute Gasteiger partial charge is 0.432 e. The van der Waals surface area contributed by atoms with E-state index in [4.69, 9.17) is 37.9 Å². The normalized spacial score (nSPS) is 51.7. The van der Waals surface area contributed by atoms with Crippen LogP contribution < -0.4 is 0 Å². The van der Waals surface area contributed by atoms with Gasteiger partial charge in [0, 0.05) is 0 Å². The molecular formula is C44H72O23. The maximum absolute atomic E-state index is 14.3. The number of aliphatic hydroxyl groups excluding tert-OH is 14. The molecule has 386 valence electrons. The van der Waals surface area contributed by atoms with Crippen LogP contribution in [0.5, 0.6) is 0 Å². The Morgan fingerprint density at radius 1 is 0.582 bits per heavy atom. The smallest absolute Gasteiger partial charge is 0.314 e. The quantitative estimate of drug-likeness (QED) is 0.0573. The molecule has 4 aliphatic heterocycles. The fraction of sp³-hybridized carbons (Fsp3) is 0.932. The minimum Gasteiger partial charge on any atom is -0.432 e. The summed E-state index contributed by atoms with van der Waals surface area (Å²) in [5.74, 6) is -0.832. The van der Waals surface area contributed by atoms with E-state index in [1.54, 1.807) is 0 Å². The molecule has 25 atom stereocenters. The van der Waals surface area contributed by atoms with Crippen molar-refractivity contribution in [2.75, 3.05) is 33.0 Å². The van der Waals surface area contributed by atoms with Crippen molar-refractivity contribution in [1.82, 2.24) is 0 Å². The van der Waals surface area contributed by atoms with Crippen LogP contribution in [0.25, 0.3) is 0 Å². The maximum Gasteiger partial charge on any atom is 0.314 e. The van der Waals surface area contributed by atoms with Crippen LogP contribution in [0.1, 0.15) is 71.6 Å². The van der Waals surface area contributed by atoms with Crippen LogP contribution in [-0.4, -0.2) is 233 Å². The molecule has 7 aliphatic rings.